The number of halogens is 1. The number of amides is 1. The molecule has 2 rings (SSSR count). The smallest absolute Gasteiger partial charge is 0.225 e. The van der Waals surface area contributed by atoms with Gasteiger partial charge in [0.1, 0.15) is 11.6 Å². The van der Waals surface area contributed by atoms with Gasteiger partial charge in [-0.2, -0.15) is 5.10 Å². The molecule has 1 amide bonds. The Balaban J connectivity index is 0.00000312. The Morgan fingerprint density at radius 1 is 1.32 bits per heavy atom. The highest BCUT2D eigenvalue weighted by molar-refractivity contribution is 14.0. The fraction of sp³-hybridized carbons (Fsp3) is 0.750. The molecule has 0 saturated carbocycles. The zero-order valence-electron chi connectivity index (χ0n) is 15.7. The zero-order valence-corrected chi connectivity index (χ0v) is 18.0. The summed E-state index contributed by atoms with van der Waals surface area (Å²) in [5, 5.41) is 13.9. The van der Waals surface area contributed by atoms with E-state index in [2.05, 4.69) is 31.0 Å². The Morgan fingerprint density at radius 3 is 2.64 bits per heavy atom. The topological polar surface area (TPSA) is 96.2 Å². The van der Waals surface area contributed by atoms with Crippen LogP contribution in [0, 0.1) is 12.3 Å². The Hall–Kier alpha value is -1.39. The molecule has 0 fully saturated rings. The Kier molecular flexibility index (Phi) is 8.10. The van der Waals surface area contributed by atoms with Gasteiger partial charge in [0.25, 0.3) is 0 Å². The van der Waals surface area contributed by atoms with Crippen LogP contribution in [0.15, 0.2) is 4.99 Å². The summed E-state index contributed by atoms with van der Waals surface area (Å²) >= 11 is 0. The first-order valence-electron chi connectivity index (χ1n) is 8.48. The van der Waals surface area contributed by atoms with Crippen molar-refractivity contribution in [1.82, 2.24) is 30.7 Å². The average molecular weight is 463 g/mol. The number of hydrogen-bond acceptors (Lipinski definition) is 4. The van der Waals surface area contributed by atoms with Crippen LogP contribution in [-0.4, -0.2) is 46.8 Å². The predicted molar refractivity (Wildman–Crippen MR) is 109 cm³/mol. The molecule has 0 bridgehead atoms. The molecular formula is C16H30IN7O. The fourth-order valence-corrected chi connectivity index (χ4v) is 2.59. The number of aryl methyl sites for hydroxylation is 2. The minimum absolute atomic E-state index is 0. The van der Waals surface area contributed by atoms with Crippen molar-refractivity contribution in [2.45, 2.75) is 53.1 Å². The van der Waals surface area contributed by atoms with Crippen molar-refractivity contribution >= 4 is 35.8 Å². The van der Waals surface area contributed by atoms with Gasteiger partial charge in [0, 0.05) is 32.1 Å². The molecule has 1 aromatic rings. The molecule has 25 heavy (non-hydrogen) atoms. The van der Waals surface area contributed by atoms with E-state index in [9.17, 15) is 4.79 Å². The molecular weight excluding hydrogens is 433 g/mol. The second-order valence-corrected chi connectivity index (χ2v) is 7.08. The van der Waals surface area contributed by atoms with Crippen molar-refractivity contribution in [1.29, 1.82) is 0 Å². The molecule has 0 aliphatic carbocycles. The monoisotopic (exact) mass is 463 g/mol. The summed E-state index contributed by atoms with van der Waals surface area (Å²) < 4.78 is 1.97. The van der Waals surface area contributed by atoms with E-state index < -0.39 is 0 Å². The van der Waals surface area contributed by atoms with Crippen LogP contribution in [-0.2, 0) is 11.3 Å². The van der Waals surface area contributed by atoms with Gasteiger partial charge < -0.3 is 16.0 Å². The fourth-order valence-electron chi connectivity index (χ4n) is 2.59. The second kappa shape index (κ2) is 9.35. The third-order valence-corrected chi connectivity index (χ3v) is 3.90. The summed E-state index contributed by atoms with van der Waals surface area (Å²) in [6.45, 7) is 9.69. The van der Waals surface area contributed by atoms with Crippen molar-refractivity contribution in [3.8, 4) is 0 Å². The van der Waals surface area contributed by atoms with Crippen molar-refractivity contribution < 1.29 is 4.79 Å². The van der Waals surface area contributed by atoms with Crippen LogP contribution in [0.25, 0.3) is 0 Å². The van der Waals surface area contributed by atoms with E-state index in [0.29, 0.717) is 19.0 Å². The minimum atomic E-state index is -0.371. The maximum atomic E-state index is 11.8. The number of fused-ring (bicyclic) bond motifs is 1. The standard InChI is InChI=1S/C16H29N7O.HI/c1-11-20-13-12(7-6-10-23(13)22-11)21-15(17-5)19-9-8-18-14(24)16(2,3)4;/h12H,6-10H2,1-5H3,(H,18,24)(H2,17,19,21);1H. The highest BCUT2D eigenvalue weighted by Crippen LogP contribution is 2.22. The van der Waals surface area contributed by atoms with E-state index in [1.54, 1.807) is 7.05 Å². The molecule has 142 valence electrons. The largest absolute Gasteiger partial charge is 0.355 e. The summed E-state index contributed by atoms with van der Waals surface area (Å²) in [4.78, 5) is 20.6. The lowest BCUT2D eigenvalue weighted by Gasteiger charge is -2.25. The molecule has 8 nitrogen and oxygen atoms in total. The van der Waals surface area contributed by atoms with Gasteiger partial charge in [0.15, 0.2) is 5.96 Å². The molecule has 1 atom stereocenters. The molecule has 0 aromatic carbocycles. The summed E-state index contributed by atoms with van der Waals surface area (Å²) in [6, 6.07) is 0.107. The normalized spacial score (nSPS) is 17.3. The number of nitrogens with one attached hydrogen (secondary N) is 3. The molecule has 3 N–H and O–H groups in total. The highest BCUT2D eigenvalue weighted by atomic mass is 127. The van der Waals surface area contributed by atoms with Crippen molar-refractivity contribution in [3.05, 3.63) is 11.6 Å². The summed E-state index contributed by atoms with van der Waals surface area (Å²) in [5.74, 6) is 2.51. The van der Waals surface area contributed by atoms with Gasteiger partial charge in [-0.1, -0.05) is 20.8 Å². The molecule has 1 aromatic heterocycles. The van der Waals surface area contributed by atoms with Gasteiger partial charge in [-0.05, 0) is 19.8 Å². The molecule has 9 heteroatoms. The molecule has 2 heterocycles. The van der Waals surface area contributed by atoms with E-state index in [4.69, 9.17) is 0 Å². The van der Waals surface area contributed by atoms with Crippen LogP contribution in [0.1, 0.15) is 51.3 Å². The third-order valence-electron chi connectivity index (χ3n) is 3.90. The van der Waals surface area contributed by atoms with Crippen LogP contribution >= 0.6 is 24.0 Å². The quantitative estimate of drug-likeness (QED) is 0.271. The highest BCUT2D eigenvalue weighted by Gasteiger charge is 2.24. The van der Waals surface area contributed by atoms with Gasteiger partial charge in [0.2, 0.25) is 5.91 Å². The van der Waals surface area contributed by atoms with Crippen LogP contribution in [0.3, 0.4) is 0 Å². The van der Waals surface area contributed by atoms with E-state index in [-0.39, 0.29) is 41.3 Å². The van der Waals surface area contributed by atoms with Crippen LogP contribution < -0.4 is 16.0 Å². The van der Waals surface area contributed by atoms with Crippen LogP contribution in [0.2, 0.25) is 0 Å². The first kappa shape index (κ1) is 21.7. The maximum absolute atomic E-state index is 11.8. The van der Waals surface area contributed by atoms with Gasteiger partial charge in [0.05, 0.1) is 6.04 Å². The molecule has 0 radical (unpaired) electrons. The SMILES string of the molecule is CN=C(NCCNC(=O)C(C)(C)C)NC1CCCn2nc(C)nc21.I. The number of carbonyl (C=O) groups is 1. The molecule has 1 aliphatic heterocycles. The number of hydrogen-bond donors (Lipinski definition) is 3. The molecule has 0 saturated heterocycles. The number of guanidine groups is 1. The number of aliphatic imine (C=N–C) groups is 1. The zero-order chi connectivity index (χ0) is 17.7. The van der Waals surface area contributed by atoms with Gasteiger partial charge >= 0.3 is 0 Å². The summed E-state index contributed by atoms with van der Waals surface area (Å²) in [7, 11) is 1.74. The van der Waals surface area contributed by atoms with E-state index in [0.717, 1.165) is 31.0 Å². The van der Waals surface area contributed by atoms with Gasteiger partial charge in [-0.15, -0.1) is 24.0 Å². The second-order valence-electron chi connectivity index (χ2n) is 7.08. The first-order chi connectivity index (χ1) is 11.3. The maximum Gasteiger partial charge on any atom is 0.225 e. The Bertz CT molecular complexity index is 606. The lowest BCUT2D eigenvalue weighted by molar-refractivity contribution is -0.128. The number of nitrogens with zero attached hydrogens (tertiary/aromatic N) is 4. The third kappa shape index (κ3) is 6.12. The molecule has 1 unspecified atom stereocenters. The molecule has 1 aliphatic rings. The average Bonchev–Trinajstić information content (AvgIpc) is 2.90. The van der Waals surface area contributed by atoms with E-state index in [1.807, 2.05) is 32.4 Å². The predicted octanol–water partition coefficient (Wildman–Crippen LogP) is 1.37. The van der Waals surface area contributed by atoms with Crippen molar-refractivity contribution in [3.63, 3.8) is 0 Å². The van der Waals surface area contributed by atoms with Crippen molar-refractivity contribution in [2.75, 3.05) is 20.1 Å². The van der Waals surface area contributed by atoms with Crippen molar-refractivity contribution in [2.24, 2.45) is 10.4 Å². The Labute approximate surface area is 166 Å². The Morgan fingerprint density at radius 2 is 2.00 bits per heavy atom. The summed E-state index contributed by atoms with van der Waals surface area (Å²) in [6.07, 6.45) is 2.06. The first-order valence-corrected chi connectivity index (χ1v) is 8.48. The molecule has 0 spiro atoms. The lowest BCUT2D eigenvalue weighted by Crippen LogP contribution is -2.45. The number of carbonyl (C=O) groups excluding carboxylic acids is 1. The van der Waals surface area contributed by atoms with Crippen LogP contribution in [0.4, 0.5) is 0 Å². The number of aromatic nitrogens is 3. The van der Waals surface area contributed by atoms with Crippen LogP contribution in [0.5, 0.6) is 0 Å². The summed E-state index contributed by atoms with van der Waals surface area (Å²) in [5.41, 5.74) is -0.371. The van der Waals surface area contributed by atoms with E-state index in [1.165, 1.54) is 0 Å². The number of rotatable bonds is 4. The van der Waals surface area contributed by atoms with Gasteiger partial charge in [-0.3, -0.25) is 9.79 Å². The van der Waals surface area contributed by atoms with Gasteiger partial charge in [-0.25, -0.2) is 9.67 Å². The van der Waals surface area contributed by atoms with E-state index >= 15 is 0 Å². The lowest BCUT2D eigenvalue weighted by atomic mass is 9.96. The minimum Gasteiger partial charge on any atom is -0.355 e.